The van der Waals surface area contributed by atoms with Gasteiger partial charge < -0.3 is 4.79 Å². The van der Waals surface area contributed by atoms with Crippen molar-refractivity contribution in [2.24, 2.45) is 0 Å². The number of hydroxylamine groups is 2. The van der Waals surface area contributed by atoms with Crippen molar-refractivity contribution < 1.29 is 14.4 Å². The molecule has 0 aliphatic carbocycles. The van der Waals surface area contributed by atoms with Crippen LogP contribution in [0.15, 0.2) is 0 Å². The maximum atomic E-state index is 11.0. The number of aldehydes is 1. The van der Waals surface area contributed by atoms with Crippen molar-refractivity contribution in [2.45, 2.75) is 26.3 Å². The van der Waals surface area contributed by atoms with Gasteiger partial charge in [0.1, 0.15) is 12.3 Å². The lowest BCUT2D eigenvalue weighted by Crippen LogP contribution is -2.38. The molecule has 0 rings (SSSR count). The largest absolute Gasteiger partial charge is 0.301 e. The predicted molar refractivity (Wildman–Crippen MR) is 39.7 cm³/mol. The van der Waals surface area contributed by atoms with E-state index >= 15 is 0 Å². The van der Waals surface area contributed by atoms with Crippen LogP contribution in [0.1, 0.15) is 20.3 Å². The second-order valence-electron chi connectivity index (χ2n) is 2.13. The first-order valence-corrected chi connectivity index (χ1v) is 3.48. The van der Waals surface area contributed by atoms with Gasteiger partial charge in [-0.25, -0.2) is 5.06 Å². The van der Waals surface area contributed by atoms with Gasteiger partial charge in [-0.2, -0.15) is 0 Å². The number of carbonyl (C=O) groups is 2. The SMILES string of the molecule is CCC(=O)N(OC)C(C)C=O. The predicted octanol–water partition coefficient (Wildman–Crippen LogP) is 0.374. The van der Waals surface area contributed by atoms with Crippen LogP contribution < -0.4 is 0 Å². The summed E-state index contributed by atoms with van der Waals surface area (Å²) >= 11 is 0. The van der Waals surface area contributed by atoms with E-state index < -0.39 is 6.04 Å². The Morgan fingerprint density at radius 1 is 1.73 bits per heavy atom. The molecule has 1 amide bonds. The van der Waals surface area contributed by atoms with Crippen LogP contribution in [0.5, 0.6) is 0 Å². The van der Waals surface area contributed by atoms with Crippen LogP contribution >= 0.6 is 0 Å². The molecule has 0 radical (unpaired) electrons. The van der Waals surface area contributed by atoms with Crippen LogP contribution in [-0.4, -0.2) is 30.4 Å². The van der Waals surface area contributed by atoms with Crippen LogP contribution in [0, 0.1) is 0 Å². The molecule has 1 atom stereocenters. The number of nitrogens with zero attached hydrogens (tertiary/aromatic N) is 1. The van der Waals surface area contributed by atoms with E-state index in [0.29, 0.717) is 12.7 Å². The normalized spacial score (nSPS) is 12.3. The van der Waals surface area contributed by atoms with Crippen molar-refractivity contribution >= 4 is 12.2 Å². The highest BCUT2D eigenvalue weighted by molar-refractivity contribution is 5.78. The Morgan fingerprint density at radius 3 is 2.55 bits per heavy atom. The van der Waals surface area contributed by atoms with Crippen molar-refractivity contribution in [2.75, 3.05) is 7.11 Å². The van der Waals surface area contributed by atoms with Crippen LogP contribution in [0.4, 0.5) is 0 Å². The van der Waals surface area contributed by atoms with Gasteiger partial charge in [-0.1, -0.05) is 6.92 Å². The van der Waals surface area contributed by atoms with E-state index in [2.05, 4.69) is 0 Å². The van der Waals surface area contributed by atoms with Crippen molar-refractivity contribution in [3.05, 3.63) is 0 Å². The third-order valence-electron chi connectivity index (χ3n) is 1.31. The first-order chi connectivity index (χ1) is 5.17. The van der Waals surface area contributed by atoms with E-state index in [4.69, 9.17) is 4.84 Å². The van der Waals surface area contributed by atoms with Gasteiger partial charge in [0.2, 0.25) is 5.91 Å². The monoisotopic (exact) mass is 159 g/mol. The minimum Gasteiger partial charge on any atom is -0.301 e. The molecule has 64 valence electrons. The highest BCUT2D eigenvalue weighted by Gasteiger charge is 2.16. The summed E-state index contributed by atoms with van der Waals surface area (Å²) in [6.07, 6.45) is 1.00. The summed E-state index contributed by atoms with van der Waals surface area (Å²) in [5.74, 6) is -0.188. The fourth-order valence-corrected chi connectivity index (χ4v) is 0.706. The van der Waals surface area contributed by atoms with Gasteiger partial charge in [-0.05, 0) is 6.92 Å². The molecule has 0 heterocycles. The zero-order valence-electron chi connectivity index (χ0n) is 7.03. The quantitative estimate of drug-likeness (QED) is 0.440. The first-order valence-electron chi connectivity index (χ1n) is 3.48. The molecular weight excluding hydrogens is 146 g/mol. The van der Waals surface area contributed by atoms with Crippen LogP contribution in [0.2, 0.25) is 0 Å². The van der Waals surface area contributed by atoms with Crippen molar-refractivity contribution in [3.63, 3.8) is 0 Å². The minimum atomic E-state index is -0.507. The molecule has 4 heteroatoms. The lowest BCUT2D eigenvalue weighted by Gasteiger charge is -2.21. The average Bonchev–Trinajstić information content (AvgIpc) is 2.05. The van der Waals surface area contributed by atoms with Crippen molar-refractivity contribution in [1.29, 1.82) is 0 Å². The second kappa shape index (κ2) is 4.85. The molecule has 11 heavy (non-hydrogen) atoms. The molecule has 0 spiro atoms. The Balaban J connectivity index is 4.14. The summed E-state index contributed by atoms with van der Waals surface area (Å²) in [5.41, 5.74) is 0. The maximum Gasteiger partial charge on any atom is 0.246 e. The van der Waals surface area contributed by atoms with E-state index in [0.717, 1.165) is 5.06 Å². The summed E-state index contributed by atoms with van der Waals surface area (Å²) in [4.78, 5) is 25.9. The van der Waals surface area contributed by atoms with Gasteiger partial charge in [0.05, 0.1) is 7.11 Å². The Hall–Kier alpha value is -0.900. The molecule has 0 aliphatic heterocycles. The number of carbonyl (C=O) groups excluding carboxylic acids is 2. The molecule has 4 nitrogen and oxygen atoms in total. The zero-order valence-corrected chi connectivity index (χ0v) is 7.03. The van der Waals surface area contributed by atoms with Crippen molar-refractivity contribution in [1.82, 2.24) is 5.06 Å². The third kappa shape index (κ3) is 2.67. The summed E-state index contributed by atoms with van der Waals surface area (Å²) in [6, 6.07) is -0.507. The molecule has 0 bridgehead atoms. The average molecular weight is 159 g/mol. The molecule has 1 unspecified atom stereocenters. The molecule has 0 fully saturated rings. The van der Waals surface area contributed by atoms with Gasteiger partial charge >= 0.3 is 0 Å². The minimum absolute atomic E-state index is 0.188. The first kappa shape index (κ1) is 10.1. The summed E-state index contributed by atoms with van der Waals surface area (Å²) in [5, 5.41) is 1.06. The fraction of sp³-hybridized carbons (Fsp3) is 0.714. The van der Waals surface area contributed by atoms with Gasteiger partial charge in [0, 0.05) is 6.42 Å². The molecule has 0 aromatic carbocycles. The molecule has 0 aromatic rings. The summed E-state index contributed by atoms with van der Waals surface area (Å²) in [7, 11) is 1.37. The summed E-state index contributed by atoms with van der Waals surface area (Å²) < 4.78 is 0. The number of hydrogen-bond acceptors (Lipinski definition) is 3. The van der Waals surface area contributed by atoms with E-state index in [1.54, 1.807) is 13.8 Å². The molecule has 0 aliphatic rings. The summed E-state index contributed by atoms with van der Waals surface area (Å²) in [6.45, 7) is 3.32. The van der Waals surface area contributed by atoms with Crippen molar-refractivity contribution in [3.8, 4) is 0 Å². The molecule has 0 saturated carbocycles. The topological polar surface area (TPSA) is 46.6 Å². The van der Waals surface area contributed by atoms with E-state index in [9.17, 15) is 9.59 Å². The third-order valence-corrected chi connectivity index (χ3v) is 1.31. The van der Waals surface area contributed by atoms with E-state index in [1.165, 1.54) is 7.11 Å². The molecule has 0 aromatic heterocycles. The number of rotatable bonds is 4. The maximum absolute atomic E-state index is 11.0. The zero-order chi connectivity index (χ0) is 8.85. The molecule has 0 N–H and O–H groups in total. The van der Waals surface area contributed by atoms with E-state index in [1.807, 2.05) is 0 Å². The molecular formula is C7H13NO3. The lowest BCUT2D eigenvalue weighted by molar-refractivity contribution is -0.185. The highest BCUT2D eigenvalue weighted by Crippen LogP contribution is 1.99. The Morgan fingerprint density at radius 2 is 2.27 bits per heavy atom. The lowest BCUT2D eigenvalue weighted by atomic mass is 10.3. The number of hydrogen-bond donors (Lipinski definition) is 0. The van der Waals surface area contributed by atoms with Gasteiger partial charge in [0.25, 0.3) is 0 Å². The van der Waals surface area contributed by atoms with Gasteiger partial charge in [-0.15, -0.1) is 0 Å². The van der Waals surface area contributed by atoms with Gasteiger partial charge in [0.15, 0.2) is 0 Å². The molecule has 0 saturated heterocycles. The smallest absolute Gasteiger partial charge is 0.246 e. The van der Waals surface area contributed by atoms with Crippen LogP contribution in [0.3, 0.4) is 0 Å². The standard InChI is InChI=1S/C7H13NO3/c1-4-7(10)8(11-3)6(2)5-9/h5-6H,4H2,1-3H3. The van der Waals surface area contributed by atoms with Crippen LogP contribution in [-0.2, 0) is 14.4 Å². The van der Waals surface area contributed by atoms with Gasteiger partial charge in [-0.3, -0.25) is 9.63 Å². The fourth-order valence-electron chi connectivity index (χ4n) is 0.706. The number of amides is 1. The second-order valence-corrected chi connectivity index (χ2v) is 2.13. The Bertz CT molecular complexity index is 147. The Kier molecular flexibility index (Phi) is 4.45. The van der Waals surface area contributed by atoms with E-state index in [-0.39, 0.29) is 5.91 Å². The van der Waals surface area contributed by atoms with Crippen LogP contribution in [0.25, 0.3) is 0 Å². The highest BCUT2D eigenvalue weighted by atomic mass is 16.7. The Labute approximate surface area is 66.1 Å².